The number of hydrogen-bond acceptors (Lipinski definition) is 5. The summed E-state index contributed by atoms with van der Waals surface area (Å²) in [6.45, 7) is 0. The molecule has 0 radical (unpaired) electrons. The number of rotatable bonds is 3. The van der Waals surface area contributed by atoms with Gasteiger partial charge in [-0.2, -0.15) is 0 Å². The van der Waals surface area contributed by atoms with Gasteiger partial charge in [0.1, 0.15) is 17.5 Å². The minimum absolute atomic E-state index is 0.301. The fraction of sp³-hybridized carbons (Fsp3) is 0.0909. The lowest BCUT2D eigenvalue weighted by Gasteiger charge is -2.05. The molecule has 0 atom stereocenters. The molecular formula is C11H10ClFN4S. The number of aromatic nitrogens is 2. The van der Waals surface area contributed by atoms with Gasteiger partial charge in [-0.15, -0.1) is 0 Å². The zero-order valence-electron chi connectivity index (χ0n) is 9.23. The van der Waals surface area contributed by atoms with Crippen LogP contribution in [0.1, 0.15) is 5.56 Å². The first-order chi connectivity index (χ1) is 8.54. The van der Waals surface area contributed by atoms with Crippen LogP contribution in [0.2, 0.25) is 5.02 Å². The highest BCUT2D eigenvalue weighted by Crippen LogP contribution is 2.26. The number of benzene rings is 1. The van der Waals surface area contributed by atoms with Gasteiger partial charge in [0, 0.05) is 16.8 Å². The molecule has 7 heteroatoms. The van der Waals surface area contributed by atoms with Gasteiger partial charge in [-0.3, -0.25) is 0 Å². The number of halogens is 2. The summed E-state index contributed by atoms with van der Waals surface area (Å²) < 4.78 is 13.1. The maximum atomic E-state index is 13.1. The highest BCUT2D eigenvalue weighted by atomic mass is 35.5. The van der Waals surface area contributed by atoms with Gasteiger partial charge in [-0.25, -0.2) is 14.4 Å². The van der Waals surface area contributed by atoms with Crippen LogP contribution in [0.25, 0.3) is 0 Å². The molecule has 0 bridgehead atoms. The van der Waals surface area contributed by atoms with E-state index in [1.165, 1.54) is 36.0 Å². The molecule has 0 fully saturated rings. The molecule has 0 aliphatic heterocycles. The number of nitrogen functional groups attached to an aromatic ring is 2. The van der Waals surface area contributed by atoms with Gasteiger partial charge in [0.15, 0.2) is 5.16 Å². The Hall–Kier alpha value is -1.53. The fourth-order valence-electron chi connectivity index (χ4n) is 1.32. The smallest absolute Gasteiger partial charge is 0.191 e. The molecule has 2 rings (SSSR count). The zero-order chi connectivity index (χ0) is 13.1. The third-order valence-corrected chi connectivity index (χ3v) is 3.37. The molecule has 0 saturated heterocycles. The van der Waals surface area contributed by atoms with Crippen molar-refractivity contribution in [2.24, 2.45) is 0 Å². The molecule has 1 aromatic carbocycles. The number of thioether (sulfide) groups is 1. The Kier molecular flexibility index (Phi) is 3.88. The van der Waals surface area contributed by atoms with Crippen molar-refractivity contribution in [3.8, 4) is 0 Å². The van der Waals surface area contributed by atoms with E-state index in [1.54, 1.807) is 0 Å². The second kappa shape index (κ2) is 5.41. The Bertz CT molecular complexity index is 559. The Morgan fingerprint density at radius 3 is 2.50 bits per heavy atom. The van der Waals surface area contributed by atoms with E-state index in [2.05, 4.69) is 9.97 Å². The average Bonchev–Trinajstić information content (AvgIpc) is 2.29. The van der Waals surface area contributed by atoms with Crippen molar-refractivity contribution in [1.82, 2.24) is 9.97 Å². The number of hydrogen-bond donors (Lipinski definition) is 2. The van der Waals surface area contributed by atoms with E-state index < -0.39 is 0 Å². The van der Waals surface area contributed by atoms with E-state index in [0.717, 1.165) is 0 Å². The van der Waals surface area contributed by atoms with Gasteiger partial charge in [0.05, 0.1) is 0 Å². The van der Waals surface area contributed by atoms with Crippen molar-refractivity contribution in [3.05, 3.63) is 40.7 Å². The van der Waals surface area contributed by atoms with E-state index in [9.17, 15) is 4.39 Å². The number of nitrogens with zero attached hydrogens (tertiary/aromatic N) is 2. The van der Waals surface area contributed by atoms with Crippen LogP contribution in [0.3, 0.4) is 0 Å². The largest absolute Gasteiger partial charge is 0.383 e. The maximum Gasteiger partial charge on any atom is 0.191 e. The highest BCUT2D eigenvalue weighted by molar-refractivity contribution is 7.98. The molecule has 0 unspecified atom stereocenters. The Morgan fingerprint density at radius 2 is 1.83 bits per heavy atom. The standard InChI is InChI=1S/C11H10ClFN4S/c12-8-2-1-7(13)3-6(8)5-18-11-16-9(14)4-10(15)17-11/h1-4H,5H2,(H4,14,15,16,17). The van der Waals surface area contributed by atoms with Crippen molar-refractivity contribution in [2.75, 3.05) is 11.5 Å². The molecule has 1 aromatic heterocycles. The third-order valence-electron chi connectivity index (χ3n) is 2.11. The van der Waals surface area contributed by atoms with Crippen LogP contribution >= 0.6 is 23.4 Å². The molecule has 0 aliphatic rings. The van der Waals surface area contributed by atoms with Crippen LogP contribution in [0.5, 0.6) is 0 Å². The van der Waals surface area contributed by atoms with E-state index in [4.69, 9.17) is 23.1 Å². The number of nitrogens with two attached hydrogens (primary N) is 2. The van der Waals surface area contributed by atoms with Gasteiger partial charge < -0.3 is 11.5 Å². The summed E-state index contributed by atoms with van der Waals surface area (Å²) in [6, 6.07) is 5.68. The normalized spacial score (nSPS) is 10.6. The lowest BCUT2D eigenvalue weighted by molar-refractivity contribution is 0.626. The summed E-state index contributed by atoms with van der Waals surface area (Å²) in [5, 5.41) is 0.939. The minimum Gasteiger partial charge on any atom is -0.383 e. The maximum absolute atomic E-state index is 13.1. The van der Waals surface area contributed by atoms with E-state index >= 15 is 0 Å². The highest BCUT2D eigenvalue weighted by Gasteiger charge is 2.06. The summed E-state index contributed by atoms with van der Waals surface area (Å²) >= 11 is 7.25. The first-order valence-electron chi connectivity index (χ1n) is 5.01. The molecule has 2 aromatic rings. The molecule has 18 heavy (non-hydrogen) atoms. The Balaban J connectivity index is 2.13. The summed E-state index contributed by atoms with van der Waals surface area (Å²) in [4.78, 5) is 8.03. The van der Waals surface area contributed by atoms with Crippen molar-refractivity contribution < 1.29 is 4.39 Å². The Labute approximate surface area is 113 Å². The molecule has 1 heterocycles. The molecule has 94 valence electrons. The van der Waals surface area contributed by atoms with Crippen LogP contribution < -0.4 is 11.5 Å². The van der Waals surface area contributed by atoms with Gasteiger partial charge in [0.25, 0.3) is 0 Å². The van der Waals surface area contributed by atoms with Crippen LogP contribution in [-0.4, -0.2) is 9.97 Å². The lowest BCUT2D eigenvalue weighted by atomic mass is 10.2. The predicted molar refractivity (Wildman–Crippen MR) is 71.8 cm³/mol. The fourth-order valence-corrected chi connectivity index (χ4v) is 2.45. The minimum atomic E-state index is -0.331. The van der Waals surface area contributed by atoms with Crippen LogP contribution in [0.15, 0.2) is 29.4 Å². The topological polar surface area (TPSA) is 77.8 Å². The number of anilines is 2. The van der Waals surface area contributed by atoms with Gasteiger partial charge in [0.2, 0.25) is 0 Å². The van der Waals surface area contributed by atoms with Crippen LogP contribution in [0.4, 0.5) is 16.0 Å². The summed E-state index contributed by atoms with van der Waals surface area (Å²) in [5.74, 6) is 0.716. The molecule has 0 amide bonds. The summed E-state index contributed by atoms with van der Waals surface area (Å²) in [5.41, 5.74) is 11.8. The van der Waals surface area contributed by atoms with Crippen molar-refractivity contribution in [1.29, 1.82) is 0 Å². The van der Waals surface area contributed by atoms with Crippen LogP contribution in [0, 0.1) is 5.82 Å². The third kappa shape index (κ3) is 3.24. The Morgan fingerprint density at radius 1 is 1.17 bits per heavy atom. The summed E-state index contributed by atoms with van der Waals surface area (Å²) in [6.07, 6.45) is 0. The van der Waals surface area contributed by atoms with E-state index in [1.807, 2.05) is 0 Å². The van der Waals surface area contributed by atoms with Gasteiger partial charge in [-0.05, 0) is 23.8 Å². The van der Waals surface area contributed by atoms with Crippen molar-refractivity contribution in [3.63, 3.8) is 0 Å². The lowest BCUT2D eigenvalue weighted by Crippen LogP contribution is -1.99. The molecule has 4 nitrogen and oxygen atoms in total. The van der Waals surface area contributed by atoms with Gasteiger partial charge in [-0.1, -0.05) is 23.4 Å². The molecule has 0 saturated carbocycles. The van der Waals surface area contributed by atoms with Gasteiger partial charge >= 0.3 is 0 Å². The molecule has 0 spiro atoms. The van der Waals surface area contributed by atoms with Crippen LogP contribution in [-0.2, 0) is 5.75 Å². The first-order valence-corrected chi connectivity index (χ1v) is 6.38. The SMILES string of the molecule is Nc1cc(N)nc(SCc2cc(F)ccc2Cl)n1. The second-order valence-electron chi connectivity index (χ2n) is 3.52. The van der Waals surface area contributed by atoms with E-state index in [0.29, 0.717) is 33.1 Å². The molecule has 4 N–H and O–H groups in total. The molecular weight excluding hydrogens is 275 g/mol. The second-order valence-corrected chi connectivity index (χ2v) is 4.87. The monoisotopic (exact) mass is 284 g/mol. The van der Waals surface area contributed by atoms with Crippen molar-refractivity contribution >= 4 is 35.0 Å². The predicted octanol–water partition coefficient (Wildman–Crippen LogP) is 2.73. The average molecular weight is 285 g/mol. The van der Waals surface area contributed by atoms with E-state index in [-0.39, 0.29) is 5.82 Å². The molecule has 0 aliphatic carbocycles. The zero-order valence-corrected chi connectivity index (χ0v) is 10.8. The summed E-state index contributed by atoms with van der Waals surface area (Å²) in [7, 11) is 0. The first kappa shape index (κ1) is 12.9. The van der Waals surface area contributed by atoms with Crippen molar-refractivity contribution in [2.45, 2.75) is 10.9 Å². The quantitative estimate of drug-likeness (QED) is 0.669.